The van der Waals surface area contributed by atoms with Gasteiger partial charge >= 0.3 is 6.01 Å². The highest BCUT2D eigenvalue weighted by Gasteiger charge is 2.24. The second-order valence-electron chi connectivity index (χ2n) is 7.19. The molecule has 1 aliphatic heterocycles. The second-order valence-corrected chi connectivity index (χ2v) is 7.19. The quantitative estimate of drug-likeness (QED) is 0.558. The van der Waals surface area contributed by atoms with Gasteiger partial charge in [-0.2, -0.15) is 4.98 Å². The summed E-state index contributed by atoms with van der Waals surface area (Å²) in [5.74, 6) is 0.202. The van der Waals surface area contributed by atoms with Gasteiger partial charge in [-0.05, 0) is 54.3 Å². The first kappa shape index (κ1) is 16.6. The van der Waals surface area contributed by atoms with Crippen LogP contribution in [0, 0.1) is 13.8 Å². The third-order valence-corrected chi connectivity index (χ3v) is 5.06. The minimum absolute atomic E-state index is 0.113. The van der Waals surface area contributed by atoms with Crippen LogP contribution in [-0.2, 0) is 13.1 Å². The SMILES string of the molecule is Cc1cc(C)c(-c2ccc3oc(N4Cc5c[nH]c(=O)cc5C4)nc3n2)c(O)c1. The summed E-state index contributed by atoms with van der Waals surface area (Å²) in [6.45, 7) is 5.07. The number of aryl methyl sites for hydroxylation is 2. The van der Waals surface area contributed by atoms with E-state index in [0.717, 1.165) is 22.3 Å². The Morgan fingerprint density at radius 1 is 1.11 bits per heavy atom. The van der Waals surface area contributed by atoms with Crippen LogP contribution in [-0.4, -0.2) is 20.1 Å². The molecule has 4 heterocycles. The summed E-state index contributed by atoms with van der Waals surface area (Å²) >= 11 is 0. The molecule has 0 amide bonds. The third kappa shape index (κ3) is 2.63. The van der Waals surface area contributed by atoms with Gasteiger partial charge in [0.25, 0.3) is 0 Å². The summed E-state index contributed by atoms with van der Waals surface area (Å²) in [5, 5.41) is 10.4. The maximum atomic E-state index is 11.5. The summed E-state index contributed by atoms with van der Waals surface area (Å²) in [7, 11) is 0. The topological polar surface area (TPSA) is 95.3 Å². The number of aromatic nitrogens is 3. The number of hydrogen-bond donors (Lipinski definition) is 2. The van der Waals surface area contributed by atoms with Crippen molar-refractivity contribution in [1.82, 2.24) is 15.0 Å². The fourth-order valence-corrected chi connectivity index (χ4v) is 3.80. The molecule has 2 N–H and O–H groups in total. The van der Waals surface area contributed by atoms with Crippen LogP contribution < -0.4 is 10.5 Å². The lowest BCUT2D eigenvalue weighted by Gasteiger charge is -2.10. The number of nitrogens with one attached hydrogen (secondary N) is 1. The van der Waals surface area contributed by atoms with Gasteiger partial charge in [-0.3, -0.25) is 4.79 Å². The second kappa shape index (κ2) is 5.95. The van der Waals surface area contributed by atoms with Gasteiger partial charge in [0.1, 0.15) is 5.75 Å². The van der Waals surface area contributed by atoms with E-state index < -0.39 is 0 Å². The van der Waals surface area contributed by atoms with E-state index in [9.17, 15) is 9.90 Å². The van der Waals surface area contributed by atoms with Gasteiger partial charge in [0.15, 0.2) is 5.58 Å². The predicted molar refractivity (Wildman–Crippen MR) is 105 cm³/mol. The van der Waals surface area contributed by atoms with Crippen LogP contribution in [0.5, 0.6) is 5.75 Å². The van der Waals surface area contributed by atoms with Crippen LogP contribution in [0.2, 0.25) is 0 Å². The number of H-pyrrole nitrogens is 1. The molecule has 0 spiro atoms. The molecule has 1 aliphatic rings. The van der Waals surface area contributed by atoms with E-state index in [4.69, 9.17) is 4.42 Å². The summed E-state index contributed by atoms with van der Waals surface area (Å²) in [6.07, 6.45) is 1.74. The van der Waals surface area contributed by atoms with Gasteiger partial charge in [-0.1, -0.05) is 6.07 Å². The summed E-state index contributed by atoms with van der Waals surface area (Å²) < 4.78 is 5.89. The molecule has 7 heteroatoms. The summed E-state index contributed by atoms with van der Waals surface area (Å²) in [6, 6.07) is 9.46. The van der Waals surface area contributed by atoms with E-state index in [2.05, 4.69) is 15.0 Å². The average Bonchev–Trinajstić information content (AvgIpc) is 3.23. The Morgan fingerprint density at radius 3 is 2.75 bits per heavy atom. The van der Waals surface area contributed by atoms with Crippen molar-refractivity contribution in [3.05, 3.63) is 69.1 Å². The van der Waals surface area contributed by atoms with Crippen LogP contribution in [0.1, 0.15) is 22.3 Å². The molecule has 3 aromatic heterocycles. The first-order valence-corrected chi connectivity index (χ1v) is 9.01. The molecule has 0 saturated carbocycles. The number of benzene rings is 1. The van der Waals surface area contributed by atoms with E-state index in [-0.39, 0.29) is 11.3 Å². The van der Waals surface area contributed by atoms with Crippen LogP contribution >= 0.6 is 0 Å². The number of nitrogens with zero attached hydrogens (tertiary/aromatic N) is 3. The van der Waals surface area contributed by atoms with Crippen molar-refractivity contribution in [3.63, 3.8) is 0 Å². The van der Waals surface area contributed by atoms with Crippen molar-refractivity contribution in [2.24, 2.45) is 0 Å². The number of hydrogen-bond acceptors (Lipinski definition) is 6. The van der Waals surface area contributed by atoms with E-state index in [1.54, 1.807) is 18.3 Å². The monoisotopic (exact) mass is 374 g/mol. The average molecular weight is 374 g/mol. The standard InChI is InChI=1S/C21H18N4O3/c1-11-5-12(2)19(16(26)6-11)15-3-4-17-20(23-15)24-21(28-17)25-9-13-7-18(27)22-8-14(13)10-25/h3-8,26H,9-10H2,1-2H3,(H,22,27). The maximum Gasteiger partial charge on any atom is 0.300 e. The largest absolute Gasteiger partial charge is 0.507 e. The van der Waals surface area contributed by atoms with Gasteiger partial charge in [0, 0.05) is 30.9 Å². The van der Waals surface area contributed by atoms with Gasteiger partial charge in [-0.25, -0.2) is 4.98 Å². The number of anilines is 1. The first-order valence-electron chi connectivity index (χ1n) is 9.01. The van der Waals surface area contributed by atoms with Crippen LogP contribution in [0.3, 0.4) is 0 Å². The van der Waals surface area contributed by atoms with Gasteiger partial charge < -0.3 is 19.4 Å². The Hall–Kier alpha value is -3.61. The zero-order valence-electron chi connectivity index (χ0n) is 15.5. The molecular weight excluding hydrogens is 356 g/mol. The molecule has 1 aromatic carbocycles. The molecule has 28 heavy (non-hydrogen) atoms. The summed E-state index contributed by atoms with van der Waals surface area (Å²) in [4.78, 5) is 25.3. The fraction of sp³-hybridized carbons (Fsp3) is 0.190. The minimum Gasteiger partial charge on any atom is -0.507 e. The maximum absolute atomic E-state index is 11.5. The van der Waals surface area contributed by atoms with Crippen LogP contribution in [0.15, 0.2) is 45.7 Å². The number of pyridine rings is 2. The predicted octanol–water partition coefficient (Wildman–Crippen LogP) is 3.42. The molecule has 0 unspecified atom stereocenters. The number of rotatable bonds is 2. The van der Waals surface area contributed by atoms with E-state index >= 15 is 0 Å². The van der Waals surface area contributed by atoms with E-state index in [1.165, 1.54) is 0 Å². The van der Waals surface area contributed by atoms with E-state index in [0.29, 0.717) is 41.6 Å². The van der Waals surface area contributed by atoms with Crippen LogP contribution in [0.4, 0.5) is 6.01 Å². The van der Waals surface area contributed by atoms with Crippen molar-refractivity contribution in [2.75, 3.05) is 4.90 Å². The number of phenolic OH excluding ortho intramolecular Hbond substituents is 1. The molecular formula is C21H18N4O3. The lowest BCUT2D eigenvalue weighted by Crippen LogP contribution is -2.14. The Bertz CT molecular complexity index is 1270. The Morgan fingerprint density at radius 2 is 1.93 bits per heavy atom. The zero-order chi connectivity index (χ0) is 19.4. The first-order chi connectivity index (χ1) is 13.5. The number of fused-ring (bicyclic) bond motifs is 2. The number of aromatic hydroxyl groups is 1. The highest BCUT2D eigenvalue weighted by Crippen LogP contribution is 2.34. The van der Waals surface area contributed by atoms with Crippen molar-refractivity contribution in [3.8, 4) is 17.0 Å². The van der Waals surface area contributed by atoms with Crippen molar-refractivity contribution < 1.29 is 9.52 Å². The molecule has 0 aliphatic carbocycles. The Labute approximate surface area is 160 Å². The molecule has 0 fully saturated rings. The zero-order valence-corrected chi connectivity index (χ0v) is 15.5. The smallest absolute Gasteiger partial charge is 0.300 e. The molecule has 0 saturated heterocycles. The molecule has 7 nitrogen and oxygen atoms in total. The van der Waals surface area contributed by atoms with Crippen LogP contribution in [0.25, 0.3) is 22.5 Å². The number of aromatic amines is 1. The van der Waals surface area contributed by atoms with Crippen molar-refractivity contribution >= 4 is 17.2 Å². The molecule has 5 rings (SSSR count). The van der Waals surface area contributed by atoms with Crippen molar-refractivity contribution in [2.45, 2.75) is 26.9 Å². The molecule has 0 bridgehead atoms. The third-order valence-electron chi connectivity index (χ3n) is 5.06. The summed E-state index contributed by atoms with van der Waals surface area (Å²) in [5.41, 5.74) is 6.27. The minimum atomic E-state index is -0.113. The molecule has 0 atom stereocenters. The molecule has 4 aromatic rings. The van der Waals surface area contributed by atoms with Gasteiger partial charge in [-0.15, -0.1) is 0 Å². The lowest BCUT2D eigenvalue weighted by molar-refractivity contribution is 0.476. The molecule has 140 valence electrons. The Kier molecular flexibility index (Phi) is 3.52. The Balaban J connectivity index is 1.53. The highest BCUT2D eigenvalue weighted by atomic mass is 16.4. The van der Waals surface area contributed by atoms with Crippen molar-refractivity contribution in [1.29, 1.82) is 0 Å². The highest BCUT2D eigenvalue weighted by molar-refractivity contribution is 5.78. The number of phenols is 1. The normalized spacial score (nSPS) is 13.3. The van der Waals surface area contributed by atoms with E-state index in [1.807, 2.05) is 36.9 Å². The number of oxazole rings is 1. The fourth-order valence-electron chi connectivity index (χ4n) is 3.80. The van der Waals surface area contributed by atoms with Gasteiger partial charge in [0.2, 0.25) is 11.2 Å². The van der Waals surface area contributed by atoms with Gasteiger partial charge in [0.05, 0.1) is 5.69 Å². The molecule has 0 radical (unpaired) electrons. The lowest BCUT2D eigenvalue weighted by atomic mass is 10.0.